The molecule has 0 unspecified atom stereocenters. The van der Waals surface area contributed by atoms with E-state index in [9.17, 15) is 8.78 Å². The van der Waals surface area contributed by atoms with Gasteiger partial charge in [-0.15, -0.1) is 0 Å². The lowest BCUT2D eigenvalue weighted by Gasteiger charge is -2.37. The van der Waals surface area contributed by atoms with Gasteiger partial charge in [-0.2, -0.15) is 13.9 Å². The maximum absolute atomic E-state index is 12.9. The van der Waals surface area contributed by atoms with Crippen LogP contribution in [-0.4, -0.2) is 27.1 Å². The summed E-state index contributed by atoms with van der Waals surface area (Å²) in [5, 5.41) is 5.91. The van der Waals surface area contributed by atoms with E-state index in [1.54, 1.807) is 24.4 Å². The molecule has 0 spiro atoms. The molecule has 1 aromatic heterocycles. The molecule has 2 aliphatic rings. The second-order valence-corrected chi connectivity index (χ2v) is 10.3. The molecule has 6 rings (SSSR count). The molecule has 0 radical (unpaired) electrons. The van der Waals surface area contributed by atoms with Crippen LogP contribution in [-0.2, 0) is 6.42 Å². The fraction of sp³-hybridized carbons (Fsp3) is 0.161. The average Bonchev–Trinajstić information content (AvgIpc) is 3.33. The van der Waals surface area contributed by atoms with E-state index in [1.807, 2.05) is 39.9 Å². The van der Waals surface area contributed by atoms with Gasteiger partial charge < -0.3 is 9.64 Å². The van der Waals surface area contributed by atoms with Crippen molar-refractivity contribution in [2.45, 2.75) is 32.4 Å². The number of rotatable bonds is 7. The number of benzene rings is 3. The van der Waals surface area contributed by atoms with E-state index < -0.39 is 12.7 Å². The Hall–Kier alpha value is -3.94. The summed E-state index contributed by atoms with van der Waals surface area (Å²) in [6, 6.07) is 24.3. The van der Waals surface area contributed by atoms with Crippen LogP contribution in [0.3, 0.4) is 0 Å². The second kappa shape index (κ2) is 10.9. The van der Waals surface area contributed by atoms with Gasteiger partial charge in [-0.25, -0.2) is 9.67 Å². The van der Waals surface area contributed by atoms with Crippen molar-refractivity contribution in [2.75, 3.05) is 0 Å². The molecule has 0 amide bonds. The summed E-state index contributed by atoms with van der Waals surface area (Å²) in [4.78, 5) is 6.91. The first-order valence-electron chi connectivity index (χ1n) is 12.9. The zero-order valence-electron chi connectivity index (χ0n) is 21.4. The van der Waals surface area contributed by atoms with Crippen LogP contribution in [0.5, 0.6) is 5.75 Å². The van der Waals surface area contributed by atoms with Crippen LogP contribution >= 0.6 is 23.2 Å². The molecule has 3 heterocycles. The van der Waals surface area contributed by atoms with Crippen molar-refractivity contribution in [1.29, 1.82) is 0 Å². The van der Waals surface area contributed by atoms with Gasteiger partial charge in [0.05, 0.1) is 27.4 Å². The second-order valence-electron chi connectivity index (χ2n) is 9.48. The van der Waals surface area contributed by atoms with Crippen molar-refractivity contribution in [2.24, 2.45) is 4.99 Å². The van der Waals surface area contributed by atoms with Crippen LogP contribution in [0, 0.1) is 0 Å². The van der Waals surface area contributed by atoms with Gasteiger partial charge in [0.15, 0.2) is 11.7 Å². The molecule has 0 aliphatic carbocycles. The number of allylic oxidation sites excluding steroid dienone is 2. The van der Waals surface area contributed by atoms with Gasteiger partial charge >= 0.3 is 6.61 Å². The highest BCUT2D eigenvalue weighted by molar-refractivity contribution is 6.45. The highest BCUT2D eigenvalue weighted by Crippen LogP contribution is 2.48. The molecule has 0 saturated heterocycles. The van der Waals surface area contributed by atoms with E-state index >= 15 is 0 Å². The fourth-order valence-corrected chi connectivity index (χ4v) is 5.63. The van der Waals surface area contributed by atoms with E-state index in [2.05, 4.69) is 35.9 Å². The zero-order chi connectivity index (χ0) is 27.8. The van der Waals surface area contributed by atoms with Gasteiger partial charge in [0, 0.05) is 11.8 Å². The first-order valence-corrected chi connectivity index (χ1v) is 13.6. The summed E-state index contributed by atoms with van der Waals surface area (Å²) in [7, 11) is 0. The maximum atomic E-state index is 12.9. The minimum absolute atomic E-state index is 0.0699. The van der Waals surface area contributed by atoms with Crippen LogP contribution in [0.15, 0.2) is 106 Å². The fourth-order valence-electron chi connectivity index (χ4n) is 5.11. The third-order valence-electron chi connectivity index (χ3n) is 6.83. The Morgan fingerprint density at radius 3 is 2.35 bits per heavy atom. The van der Waals surface area contributed by atoms with Crippen LogP contribution < -0.4 is 4.74 Å². The zero-order valence-corrected chi connectivity index (χ0v) is 22.9. The van der Waals surface area contributed by atoms with Gasteiger partial charge in [0.1, 0.15) is 11.4 Å². The molecule has 3 aromatic carbocycles. The van der Waals surface area contributed by atoms with E-state index in [-0.39, 0.29) is 5.75 Å². The van der Waals surface area contributed by atoms with Gasteiger partial charge in [-0.1, -0.05) is 91.1 Å². The molecular formula is C31H24Cl2F2N4O. The minimum atomic E-state index is -2.91. The monoisotopic (exact) mass is 576 g/mol. The number of halogens is 4. The Balaban J connectivity index is 1.60. The van der Waals surface area contributed by atoms with Crippen molar-refractivity contribution < 1.29 is 13.5 Å². The van der Waals surface area contributed by atoms with Crippen molar-refractivity contribution in [3.05, 3.63) is 118 Å². The molecule has 2 aliphatic heterocycles. The highest BCUT2D eigenvalue weighted by Gasteiger charge is 2.39. The number of ether oxygens (including phenoxy) is 1. The number of hydrogen-bond acceptors (Lipinski definition) is 4. The highest BCUT2D eigenvalue weighted by atomic mass is 35.5. The van der Waals surface area contributed by atoms with E-state index in [4.69, 9.17) is 33.3 Å². The molecule has 1 atom stereocenters. The molecule has 9 heteroatoms. The van der Waals surface area contributed by atoms with Crippen molar-refractivity contribution >= 4 is 34.9 Å². The first-order chi connectivity index (χ1) is 19.4. The summed E-state index contributed by atoms with van der Waals surface area (Å²) in [5.41, 5.74) is 5.41. The Bertz CT molecular complexity index is 1630. The minimum Gasteiger partial charge on any atom is -0.435 e. The molecule has 0 bridgehead atoms. The molecule has 4 aromatic rings. The number of fused-ring (bicyclic) bond motifs is 2. The Morgan fingerprint density at radius 2 is 1.68 bits per heavy atom. The molecule has 0 fully saturated rings. The Labute approximate surface area is 240 Å². The SMILES string of the molecule is CCCc1ccc(-c2nn(-c3ccccc3)c3c2[C@@H](c2ccc(OC(F)F)cc2)N2C=C(Cl)C=C(Cl)C2=N3)cc1. The lowest BCUT2D eigenvalue weighted by molar-refractivity contribution is -0.0498. The number of aromatic nitrogens is 2. The summed E-state index contributed by atoms with van der Waals surface area (Å²) in [6.45, 7) is -0.759. The molecule has 0 saturated carbocycles. The number of aliphatic imine (C=N–C) groups is 1. The van der Waals surface area contributed by atoms with E-state index in [0.29, 0.717) is 21.7 Å². The van der Waals surface area contributed by atoms with E-state index in [1.165, 1.54) is 17.7 Å². The van der Waals surface area contributed by atoms with Gasteiger partial charge in [-0.3, -0.25) is 0 Å². The van der Waals surface area contributed by atoms with Crippen molar-refractivity contribution in [1.82, 2.24) is 14.7 Å². The third kappa shape index (κ3) is 4.91. The van der Waals surface area contributed by atoms with Crippen LogP contribution in [0.25, 0.3) is 16.9 Å². The summed E-state index contributed by atoms with van der Waals surface area (Å²) >= 11 is 13.2. The standard InChI is InChI=1S/C31H24Cl2F2N4O/c1-2-6-19-9-11-20(12-10-19)27-26-28(21-13-15-24(16-14-21)40-31(34)35)38-18-22(32)17-25(33)29(38)36-30(26)39(37-27)23-7-4-3-5-8-23/h3-5,7-18,28,31H,2,6H2,1H3/t28-/m1/s1. The Kier molecular flexibility index (Phi) is 7.17. The number of nitrogens with zero attached hydrogens (tertiary/aromatic N) is 4. The van der Waals surface area contributed by atoms with Crippen LogP contribution in [0.2, 0.25) is 0 Å². The number of para-hydroxylation sites is 1. The maximum Gasteiger partial charge on any atom is 0.387 e. The lowest BCUT2D eigenvalue weighted by Crippen LogP contribution is -2.35. The predicted molar refractivity (Wildman–Crippen MR) is 155 cm³/mol. The van der Waals surface area contributed by atoms with Crippen molar-refractivity contribution in [3.63, 3.8) is 0 Å². The number of amidine groups is 1. The normalized spacial score (nSPS) is 16.2. The van der Waals surface area contributed by atoms with Crippen LogP contribution in [0.1, 0.15) is 36.1 Å². The van der Waals surface area contributed by atoms with E-state index in [0.717, 1.165) is 40.9 Å². The van der Waals surface area contributed by atoms with Gasteiger partial charge in [-0.05, 0) is 47.9 Å². The summed E-state index contributed by atoms with van der Waals surface area (Å²) in [5.74, 6) is 1.21. The Morgan fingerprint density at radius 1 is 0.950 bits per heavy atom. The molecule has 0 N–H and O–H groups in total. The predicted octanol–water partition coefficient (Wildman–Crippen LogP) is 8.74. The number of aryl methyl sites for hydroxylation is 1. The largest absolute Gasteiger partial charge is 0.435 e. The van der Waals surface area contributed by atoms with Gasteiger partial charge in [0.2, 0.25) is 0 Å². The molecule has 5 nitrogen and oxygen atoms in total. The van der Waals surface area contributed by atoms with Crippen LogP contribution in [0.4, 0.5) is 14.6 Å². The molecule has 40 heavy (non-hydrogen) atoms. The number of alkyl halides is 2. The number of hydrogen-bond donors (Lipinski definition) is 0. The van der Waals surface area contributed by atoms with Gasteiger partial charge in [0.25, 0.3) is 0 Å². The third-order valence-corrected chi connectivity index (χ3v) is 7.32. The smallest absolute Gasteiger partial charge is 0.387 e. The summed E-state index contributed by atoms with van der Waals surface area (Å²) in [6.07, 6.45) is 5.47. The summed E-state index contributed by atoms with van der Waals surface area (Å²) < 4.78 is 32.1. The quantitative estimate of drug-likeness (QED) is 0.221. The van der Waals surface area contributed by atoms with Crippen molar-refractivity contribution in [3.8, 4) is 22.7 Å². The molecule has 202 valence electrons. The lowest BCUT2D eigenvalue weighted by atomic mass is 9.92. The topological polar surface area (TPSA) is 42.6 Å². The average molecular weight is 577 g/mol. The first kappa shape index (κ1) is 26.3. The molecular weight excluding hydrogens is 553 g/mol.